The van der Waals surface area contributed by atoms with Crippen molar-refractivity contribution in [2.24, 2.45) is 5.73 Å². The van der Waals surface area contributed by atoms with Crippen LogP contribution in [0.4, 0.5) is 5.69 Å². The van der Waals surface area contributed by atoms with Crippen molar-refractivity contribution < 1.29 is 9.53 Å². The van der Waals surface area contributed by atoms with Crippen molar-refractivity contribution in [1.29, 1.82) is 0 Å². The number of carbonyl (C=O) groups excluding carboxylic acids is 1. The second-order valence-electron chi connectivity index (χ2n) is 3.03. The van der Waals surface area contributed by atoms with E-state index in [0.717, 1.165) is 0 Å². The fourth-order valence-corrected chi connectivity index (χ4v) is 1.07. The summed E-state index contributed by atoms with van der Waals surface area (Å²) in [4.78, 5) is 10.8. The number of rotatable bonds is 3. The summed E-state index contributed by atoms with van der Waals surface area (Å²) in [5.41, 5.74) is 6.17. The fourth-order valence-electron chi connectivity index (χ4n) is 1.07. The molecule has 0 spiro atoms. The van der Waals surface area contributed by atoms with Crippen LogP contribution < -0.4 is 15.8 Å². The molecule has 0 heterocycles. The molecule has 1 aromatic rings. The first-order chi connectivity index (χ1) is 6.58. The van der Waals surface area contributed by atoms with Gasteiger partial charge in [-0.2, -0.15) is 0 Å². The lowest BCUT2D eigenvalue weighted by molar-refractivity contribution is -0.114. The summed E-state index contributed by atoms with van der Waals surface area (Å²) in [6.45, 7) is 3.20. The van der Waals surface area contributed by atoms with Crippen LogP contribution in [-0.2, 0) is 4.79 Å². The molecule has 0 aliphatic carbocycles. The van der Waals surface area contributed by atoms with Gasteiger partial charge in [-0.05, 0) is 19.1 Å². The Hall–Kier alpha value is -1.55. The topological polar surface area (TPSA) is 64.3 Å². The van der Waals surface area contributed by atoms with E-state index in [9.17, 15) is 4.79 Å². The van der Waals surface area contributed by atoms with Gasteiger partial charge in [-0.3, -0.25) is 10.5 Å². The summed E-state index contributed by atoms with van der Waals surface area (Å²) in [5.74, 6) is 0.536. The van der Waals surface area contributed by atoms with E-state index in [-0.39, 0.29) is 12.1 Å². The van der Waals surface area contributed by atoms with Crippen LogP contribution in [0.5, 0.6) is 5.75 Å². The van der Waals surface area contributed by atoms with Gasteiger partial charge in [-0.1, -0.05) is 6.07 Å². The number of carbonyl (C=O) groups is 1. The molecule has 1 unspecified atom stereocenters. The van der Waals surface area contributed by atoms with Gasteiger partial charge in [0.15, 0.2) is 0 Å². The second-order valence-corrected chi connectivity index (χ2v) is 3.03. The van der Waals surface area contributed by atoms with Gasteiger partial charge in [-0.15, -0.1) is 0 Å². The Bertz CT molecular complexity index is 324. The molecule has 0 fully saturated rings. The number of amides is 1. The third-order valence-corrected chi connectivity index (χ3v) is 1.48. The summed E-state index contributed by atoms with van der Waals surface area (Å²) >= 11 is 0. The lowest BCUT2D eigenvalue weighted by atomic mass is 10.3. The maximum absolute atomic E-state index is 10.8. The molecule has 0 aliphatic heterocycles. The third kappa shape index (κ3) is 3.45. The summed E-state index contributed by atoms with van der Waals surface area (Å²) in [7, 11) is 0. The molecule has 0 radical (unpaired) electrons. The number of anilines is 1. The lowest BCUT2D eigenvalue weighted by Crippen LogP contribution is -2.22. The molecule has 1 rings (SSSR count). The van der Waals surface area contributed by atoms with Crippen molar-refractivity contribution in [2.45, 2.75) is 20.1 Å². The van der Waals surface area contributed by atoms with Crippen molar-refractivity contribution in [3.63, 3.8) is 0 Å². The van der Waals surface area contributed by atoms with Gasteiger partial charge in [0.1, 0.15) is 12.0 Å². The van der Waals surface area contributed by atoms with Crippen molar-refractivity contribution in [1.82, 2.24) is 0 Å². The minimum atomic E-state index is -0.359. The van der Waals surface area contributed by atoms with Crippen LogP contribution in [0.25, 0.3) is 0 Å². The minimum absolute atomic E-state index is 0.108. The Labute approximate surface area is 83.1 Å². The van der Waals surface area contributed by atoms with E-state index in [1.807, 2.05) is 0 Å². The minimum Gasteiger partial charge on any atom is -0.476 e. The maximum atomic E-state index is 10.8. The summed E-state index contributed by atoms with van der Waals surface area (Å²) in [6, 6.07) is 7.10. The standard InChI is InChI=1S/C10H14N2O2/c1-7(11)14-10-5-3-4-9(6-10)12-8(2)13/h3-7H,11H2,1-2H3,(H,12,13). The monoisotopic (exact) mass is 194 g/mol. The Morgan fingerprint density at radius 1 is 1.57 bits per heavy atom. The smallest absolute Gasteiger partial charge is 0.221 e. The predicted molar refractivity (Wildman–Crippen MR) is 55.0 cm³/mol. The van der Waals surface area contributed by atoms with Gasteiger partial charge in [0.05, 0.1) is 0 Å². The van der Waals surface area contributed by atoms with Crippen LogP contribution in [0, 0.1) is 0 Å². The Kier molecular flexibility index (Phi) is 3.48. The molecule has 76 valence electrons. The first-order valence-electron chi connectivity index (χ1n) is 4.38. The fraction of sp³-hybridized carbons (Fsp3) is 0.300. The zero-order valence-electron chi connectivity index (χ0n) is 8.28. The molecule has 1 aromatic carbocycles. The molecule has 4 heteroatoms. The molecule has 0 aliphatic rings. The van der Waals surface area contributed by atoms with E-state index >= 15 is 0 Å². The highest BCUT2D eigenvalue weighted by atomic mass is 16.5. The number of benzene rings is 1. The molecular formula is C10H14N2O2. The SMILES string of the molecule is CC(=O)Nc1cccc(OC(C)N)c1. The number of nitrogens with two attached hydrogens (primary N) is 1. The van der Waals surface area contributed by atoms with E-state index in [0.29, 0.717) is 11.4 Å². The van der Waals surface area contributed by atoms with Gasteiger partial charge in [0, 0.05) is 18.7 Å². The van der Waals surface area contributed by atoms with Crippen molar-refractivity contribution in [2.75, 3.05) is 5.32 Å². The van der Waals surface area contributed by atoms with Crippen LogP contribution in [-0.4, -0.2) is 12.1 Å². The number of nitrogens with one attached hydrogen (secondary N) is 1. The molecular weight excluding hydrogens is 180 g/mol. The van der Waals surface area contributed by atoms with Gasteiger partial charge in [0.2, 0.25) is 5.91 Å². The van der Waals surface area contributed by atoms with Crippen molar-refractivity contribution >= 4 is 11.6 Å². The molecule has 0 bridgehead atoms. The molecule has 14 heavy (non-hydrogen) atoms. The third-order valence-electron chi connectivity index (χ3n) is 1.48. The predicted octanol–water partition coefficient (Wildman–Crippen LogP) is 1.33. The van der Waals surface area contributed by atoms with Gasteiger partial charge >= 0.3 is 0 Å². The normalized spacial score (nSPS) is 11.9. The highest BCUT2D eigenvalue weighted by Crippen LogP contribution is 2.17. The van der Waals surface area contributed by atoms with E-state index in [1.165, 1.54) is 6.92 Å². The second kappa shape index (κ2) is 4.62. The molecule has 0 saturated carbocycles. The summed E-state index contributed by atoms with van der Waals surface area (Å²) < 4.78 is 5.26. The van der Waals surface area contributed by atoms with Gasteiger partial charge in [0.25, 0.3) is 0 Å². The van der Waals surface area contributed by atoms with E-state index < -0.39 is 0 Å². The average Bonchev–Trinajstić information content (AvgIpc) is 2.01. The molecule has 1 amide bonds. The van der Waals surface area contributed by atoms with Gasteiger partial charge < -0.3 is 10.1 Å². The first kappa shape index (κ1) is 10.5. The quantitative estimate of drug-likeness (QED) is 0.713. The Morgan fingerprint density at radius 2 is 2.29 bits per heavy atom. The van der Waals surface area contributed by atoms with E-state index in [2.05, 4.69) is 5.32 Å². The number of ether oxygens (including phenoxy) is 1. The first-order valence-corrected chi connectivity index (χ1v) is 4.38. The largest absolute Gasteiger partial charge is 0.476 e. The van der Waals surface area contributed by atoms with Gasteiger partial charge in [-0.25, -0.2) is 0 Å². The lowest BCUT2D eigenvalue weighted by Gasteiger charge is -2.10. The highest BCUT2D eigenvalue weighted by Gasteiger charge is 2.00. The van der Waals surface area contributed by atoms with Crippen LogP contribution in [0.1, 0.15) is 13.8 Å². The molecule has 0 aromatic heterocycles. The number of hydrogen-bond donors (Lipinski definition) is 2. The molecule has 0 saturated heterocycles. The summed E-state index contributed by atoms with van der Waals surface area (Å²) in [5, 5.41) is 2.66. The van der Waals surface area contributed by atoms with Crippen LogP contribution in [0.15, 0.2) is 24.3 Å². The zero-order valence-corrected chi connectivity index (χ0v) is 8.28. The summed E-state index contributed by atoms with van der Waals surface area (Å²) in [6.07, 6.45) is -0.359. The highest BCUT2D eigenvalue weighted by molar-refractivity contribution is 5.88. The molecule has 1 atom stereocenters. The van der Waals surface area contributed by atoms with E-state index in [4.69, 9.17) is 10.5 Å². The van der Waals surface area contributed by atoms with Crippen LogP contribution >= 0.6 is 0 Å². The molecule has 4 nitrogen and oxygen atoms in total. The molecule has 3 N–H and O–H groups in total. The Morgan fingerprint density at radius 3 is 2.86 bits per heavy atom. The van der Waals surface area contributed by atoms with Crippen LogP contribution in [0.2, 0.25) is 0 Å². The van der Waals surface area contributed by atoms with Crippen molar-refractivity contribution in [3.05, 3.63) is 24.3 Å². The van der Waals surface area contributed by atoms with Crippen molar-refractivity contribution in [3.8, 4) is 5.75 Å². The number of hydrogen-bond acceptors (Lipinski definition) is 3. The van der Waals surface area contributed by atoms with Crippen LogP contribution in [0.3, 0.4) is 0 Å². The average molecular weight is 194 g/mol. The Balaban J connectivity index is 2.73. The van der Waals surface area contributed by atoms with E-state index in [1.54, 1.807) is 31.2 Å². The zero-order chi connectivity index (χ0) is 10.6. The maximum Gasteiger partial charge on any atom is 0.221 e.